The van der Waals surface area contributed by atoms with Gasteiger partial charge in [0.1, 0.15) is 0 Å². The van der Waals surface area contributed by atoms with Crippen molar-refractivity contribution in [3.05, 3.63) is 30.4 Å². The highest BCUT2D eigenvalue weighted by Crippen LogP contribution is 2.39. The molecular formula is C15H17FN4O3S. The highest BCUT2D eigenvalue weighted by molar-refractivity contribution is 7.90. The van der Waals surface area contributed by atoms with Crippen LogP contribution in [0.4, 0.5) is 4.39 Å². The van der Waals surface area contributed by atoms with Gasteiger partial charge in [-0.05, 0) is 37.8 Å². The van der Waals surface area contributed by atoms with Gasteiger partial charge in [0.15, 0.2) is 0 Å². The number of hydrogen-bond donors (Lipinski definition) is 0. The van der Waals surface area contributed by atoms with Gasteiger partial charge in [-0.2, -0.15) is 9.29 Å². The zero-order chi connectivity index (χ0) is 16.8. The molecule has 4 rings (SSSR count). The quantitative estimate of drug-likeness (QED) is 0.835. The zero-order valence-corrected chi connectivity index (χ0v) is 13.7. The normalized spacial score (nSPS) is 25.7. The Morgan fingerprint density at radius 2 is 2.04 bits per heavy atom. The van der Waals surface area contributed by atoms with Crippen LogP contribution in [0.1, 0.15) is 31.6 Å². The van der Waals surface area contributed by atoms with Crippen molar-refractivity contribution < 1.29 is 17.3 Å². The second-order valence-electron chi connectivity index (χ2n) is 6.31. The van der Waals surface area contributed by atoms with Gasteiger partial charge in [-0.15, -0.1) is 0 Å². The molecule has 2 aromatic rings. The van der Waals surface area contributed by atoms with Crippen molar-refractivity contribution >= 4 is 10.0 Å². The van der Waals surface area contributed by atoms with E-state index in [0.29, 0.717) is 31.4 Å². The standard InChI is InChI=1S/C15H17FN4O3S/c16-15(6-1-9-20(10-15)24(21,22)12-2-3-12)14-18-13(19-23-14)11-4-7-17-8-5-11/h4-5,7-8,12H,1-3,6,9-10H2. The lowest BCUT2D eigenvalue weighted by Gasteiger charge is -2.34. The van der Waals surface area contributed by atoms with Crippen molar-refractivity contribution in [2.75, 3.05) is 13.1 Å². The van der Waals surface area contributed by atoms with E-state index in [1.54, 1.807) is 24.5 Å². The number of aromatic nitrogens is 3. The first-order valence-corrected chi connectivity index (χ1v) is 9.42. The highest BCUT2D eigenvalue weighted by Gasteiger charge is 2.49. The van der Waals surface area contributed by atoms with Crippen LogP contribution < -0.4 is 0 Å². The zero-order valence-electron chi connectivity index (χ0n) is 12.9. The molecule has 2 aliphatic rings. The Labute approximate surface area is 138 Å². The molecule has 1 unspecified atom stereocenters. The molecule has 7 nitrogen and oxygen atoms in total. The number of pyridine rings is 1. The summed E-state index contributed by atoms with van der Waals surface area (Å²) >= 11 is 0. The fourth-order valence-electron chi connectivity index (χ4n) is 2.97. The third-order valence-corrected chi connectivity index (χ3v) is 6.81. The second kappa shape index (κ2) is 5.59. The minimum absolute atomic E-state index is 0.162. The molecule has 0 N–H and O–H groups in total. The predicted molar refractivity (Wildman–Crippen MR) is 83.1 cm³/mol. The van der Waals surface area contributed by atoms with E-state index in [1.807, 2.05) is 0 Å². The Bertz CT molecular complexity index is 837. The number of halogens is 1. The van der Waals surface area contributed by atoms with E-state index in [2.05, 4.69) is 15.1 Å². The summed E-state index contributed by atoms with van der Waals surface area (Å²) in [5, 5.41) is 3.47. The largest absolute Gasteiger partial charge is 0.335 e. The van der Waals surface area contributed by atoms with Crippen LogP contribution in [0.2, 0.25) is 0 Å². The summed E-state index contributed by atoms with van der Waals surface area (Å²) in [6.45, 7) is 0.0830. The topological polar surface area (TPSA) is 89.2 Å². The van der Waals surface area contributed by atoms with Gasteiger partial charge < -0.3 is 4.52 Å². The number of alkyl halides is 1. The van der Waals surface area contributed by atoms with Crippen molar-refractivity contribution in [1.29, 1.82) is 0 Å². The summed E-state index contributed by atoms with van der Waals surface area (Å²) in [6.07, 6.45) is 5.08. The van der Waals surface area contributed by atoms with Gasteiger partial charge in [0.2, 0.25) is 21.5 Å². The molecule has 0 bridgehead atoms. The lowest BCUT2D eigenvalue weighted by Crippen LogP contribution is -2.47. The maximum Gasteiger partial charge on any atom is 0.266 e. The van der Waals surface area contributed by atoms with Crippen LogP contribution in [0.5, 0.6) is 0 Å². The maximum atomic E-state index is 15.4. The molecule has 0 aromatic carbocycles. The van der Waals surface area contributed by atoms with Gasteiger partial charge in [-0.25, -0.2) is 12.8 Å². The van der Waals surface area contributed by atoms with Gasteiger partial charge in [-0.1, -0.05) is 5.16 Å². The molecule has 0 amide bonds. The molecule has 0 radical (unpaired) electrons. The number of sulfonamides is 1. The van der Waals surface area contributed by atoms with Crippen LogP contribution in [-0.4, -0.2) is 46.2 Å². The smallest absolute Gasteiger partial charge is 0.266 e. The first-order valence-electron chi connectivity index (χ1n) is 7.91. The van der Waals surface area contributed by atoms with Crippen LogP contribution in [0, 0.1) is 0 Å². The predicted octanol–water partition coefficient (Wildman–Crippen LogP) is 1.88. The lowest BCUT2D eigenvalue weighted by molar-refractivity contribution is 0.0469. The first kappa shape index (κ1) is 15.6. The molecule has 0 spiro atoms. The second-order valence-corrected chi connectivity index (χ2v) is 8.52. The number of hydrogen-bond acceptors (Lipinski definition) is 6. The molecule has 9 heteroatoms. The summed E-state index contributed by atoms with van der Waals surface area (Å²) in [6, 6.07) is 3.40. The van der Waals surface area contributed by atoms with Gasteiger partial charge in [-0.3, -0.25) is 4.98 Å². The van der Waals surface area contributed by atoms with Crippen molar-refractivity contribution in [2.45, 2.75) is 36.6 Å². The van der Waals surface area contributed by atoms with E-state index in [4.69, 9.17) is 4.52 Å². The number of nitrogens with zero attached hydrogens (tertiary/aromatic N) is 4. The van der Waals surface area contributed by atoms with Crippen LogP contribution in [0.3, 0.4) is 0 Å². The summed E-state index contributed by atoms with van der Waals surface area (Å²) in [5.41, 5.74) is -1.28. The van der Waals surface area contributed by atoms with E-state index in [1.165, 1.54) is 4.31 Å². The minimum Gasteiger partial charge on any atom is -0.335 e. The van der Waals surface area contributed by atoms with E-state index in [-0.39, 0.29) is 29.9 Å². The minimum atomic E-state index is -3.42. The molecule has 1 aliphatic heterocycles. The summed E-state index contributed by atoms with van der Waals surface area (Å²) in [5.74, 6) is 0.108. The molecule has 2 fully saturated rings. The molecule has 1 saturated heterocycles. The average molecular weight is 352 g/mol. The third kappa shape index (κ3) is 2.71. The van der Waals surface area contributed by atoms with Gasteiger partial charge in [0, 0.05) is 24.5 Å². The molecule has 2 aromatic heterocycles. The molecule has 24 heavy (non-hydrogen) atoms. The van der Waals surface area contributed by atoms with Crippen LogP contribution >= 0.6 is 0 Å². The Balaban J connectivity index is 1.60. The lowest BCUT2D eigenvalue weighted by atomic mass is 9.96. The van der Waals surface area contributed by atoms with E-state index < -0.39 is 15.7 Å². The summed E-state index contributed by atoms with van der Waals surface area (Å²) in [7, 11) is -3.42. The average Bonchev–Trinajstić information content (AvgIpc) is 3.33. The Morgan fingerprint density at radius 3 is 2.75 bits per heavy atom. The molecule has 1 saturated carbocycles. The van der Waals surface area contributed by atoms with Gasteiger partial charge in [0.25, 0.3) is 5.89 Å². The van der Waals surface area contributed by atoms with Crippen LogP contribution in [0.15, 0.2) is 29.0 Å². The van der Waals surface area contributed by atoms with Crippen molar-refractivity contribution in [3.63, 3.8) is 0 Å². The van der Waals surface area contributed by atoms with Crippen molar-refractivity contribution in [2.24, 2.45) is 0 Å². The fourth-order valence-corrected chi connectivity index (χ4v) is 4.89. The number of piperidine rings is 1. The van der Waals surface area contributed by atoms with E-state index in [0.717, 1.165) is 0 Å². The van der Waals surface area contributed by atoms with Gasteiger partial charge >= 0.3 is 0 Å². The van der Waals surface area contributed by atoms with E-state index in [9.17, 15) is 8.42 Å². The first-order chi connectivity index (χ1) is 11.5. The van der Waals surface area contributed by atoms with Gasteiger partial charge in [0.05, 0.1) is 11.8 Å². The fraction of sp³-hybridized carbons (Fsp3) is 0.533. The summed E-state index contributed by atoms with van der Waals surface area (Å²) in [4.78, 5) is 8.06. The SMILES string of the molecule is O=S(=O)(C1CC1)N1CCCC(F)(c2nc(-c3ccncc3)no2)C1. The third-order valence-electron chi connectivity index (χ3n) is 4.46. The summed E-state index contributed by atoms with van der Waals surface area (Å²) < 4.78 is 46.5. The maximum absolute atomic E-state index is 15.4. The Hall–Kier alpha value is -1.87. The van der Waals surface area contributed by atoms with E-state index >= 15 is 4.39 Å². The van der Waals surface area contributed by atoms with Crippen LogP contribution in [-0.2, 0) is 15.7 Å². The van der Waals surface area contributed by atoms with Crippen molar-refractivity contribution in [3.8, 4) is 11.4 Å². The Kier molecular flexibility index (Phi) is 3.65. The molecule has 128 valence electrons. The van der Waals surface area contributed by atoms with Crippen molar-refractivity contribution in [1.82, 2.24) is 19.4 Å². The molecular weight excluding hydrogens is 335 g/mol. The monoisotopic (exact) mass is 352 g/mol. The van der Waals surface area contributed by atoms with Crippen LogP contribution in [0.25, 0.3) is 11.4 Å². The molecule has 1 atom stereocenters. The molecule has 1 aliphatic carbocycles. The number of rotatable bonds is 4. The Morgan fingerprint density at radius 1 is 1.29 bits per heavy atom. The molecule has 3 heterocycles. The highest BCUT2D eigenvalue weighted by atomic mass is 32.2.